The van der Waals surface area contributed by atoms with Gasteiger partial charge in [-0.25, -0.2) is 4.79 Å². The van der Waals surface area contributed by atoms with Crippen LogP contribution in [0.1, 0.15) is 47.0 Å². The maximum atomic E-state index is 12.5. The molecule has 1 aliphatic carbocycles. The molecule has 2 unspecified atom stereocenters. The number of carbonyl (C=O) groups is 3. The van der Waals surface area contributed by atoms with Gasteiger partial charge in [0.25, 0.3) is 0 Å². The van der Waals surface area contributed by atoms with E-state index in [-0.39, 0.29) is 18.5 Å². The molecule has 2 amide bonds. The summed E-state index contributed by atoms with van der Waals surface area (Å²) in [6.45, 7) is 7.96. The fourth-order valence-corrected chi connectivity index (χ4v) is 3.57. The molecule has 0 aromatic carbocycles. The van der Waals surface area contributed by atoms with Crippen molar-refractivity contribution in [2.45, 2.75) is 58.5 Å². The smallest absolute Gasteiger partial charge is 0.329 e. The summed E-state index contributed by atoms with van der Waals surface area (Å²) in [5.74, 6) is -1.22. The predicted octanol–water partition coefficient (Wildman–Crippen LogP) is 1.09. The Balaban J connectivity index is 2.15. The van der Waals surface area contributed by atoms with Gasteiger partial charge in [-0.05, 0) is 52.4 Å². The second-order valence-corrected chi connectivity index (χ2v) is 7.21. The third kappa shape index (κ3) is 3.42. The van der Waals surface area contributed by atoms with Crippen LogP contribution in [0.4, 0.5) is 0 Å². The summed E-state index contributed by atoms with van der Waals surface area (Å²) < 4.78 is 5.13. The van der Waals surface area contributed by atoms with Crippen LogP contribution in [0.15, 0.2) is 0 Å². The highest BCUT2D eigenvalue weighted by atomic mass is 16.5. The van der Waals surface area contributed by atoms with Gasteiger partial charge in [-0.15, -0.1) is 0 Å². The van der Waals surface area contributed by atoms with Crippen molar-refractivity contribution in [2.24, 2.45) is 11.8 Å². The maximum Gasteiger partial charge on any atom is 0.329 e. The Morgan fingerprint density at radius 1 is 1.23 bits per heavy atom. The normalized spacial score (nSPS) is 27.5. The lowest BCUT2D eigenvalue weighted by Crippen LogP contribution is -2.53. The van der Waals surface area contributed by atoms with E-state index in [1.165, 1.54) is 4.90 Å². The molecule has 2 fully saturated rings. The fraction of sp³-hybridized carbons (Fsp3) is 0.812. The highest BCUT2D eigenvalue weighted by molar-refractivity contribution is 6.35. The zero-order valence-corrected chi connectivity index (χ0v) is 13.8. The van der Waals surface area contributed by atoms with E-state index in [0.717, 1.165) is 19.3 Å². The van der Waals surface area contributed by atoms with E-state index in [9.17, 15) is 14.4 Å². The number of amides is 2. The average molecular weight is 310 g/mol. The number of nitrogens with zero attached hydrogens (tertiary/aromatic N) is 1. The SMILES string of the molecule is CCOC(=O)[C@@H]1C2CCCC2CN1C(=O)C(=O)NC(C)(C)C. The van der Waals surface area contributed by atoms with Crippen molar-refractivity contribution < 1.29 is 19.1 Å². The van der Waals surface area contributed by atoms with Gasteiger partial charge in [0.1, 0.15) is 6.04 Å². The highest BCUT2D eigenvalue weighted by Gasteiger charge is 2.51. The van der Waals surface area contributed by atoms with Crippen molar-refractivity contribution in [1.29, 1.82) is 0 Å². The Morgan fingerprint density at radius 3 is 2.50 bits per heavy atom. The highest BCUT2D eigenvalue weighted by Crippen LogP contribution is 2.42. The van der Waals surface area contributed by atoms with Crippen LogP contribution in [0.3, 0.4) is 0 Å². The van der Waals surface area contributed by atoms with E-state index in [1.807, 2.05) is 20.8 Å². The van der Waals surface area contributed by atoms with Crippen LogP contribution >= 0.6 is 0 Å². The molecule has 0 aromatic heterocycles. The molecular weight excluding hydrogens is 284 g/mol. The van der Waals surface area contributed by atoms with Crippen LogP contribution in [0, 0.1) is 11.8 Å². The van der Waals surface area contributed by atoms with Gasteiger partial charge in [0, 0.05) is 12.1 Å². The molecule has 1 N–H and O–H groups in total. The van der Waals surface area contributed by atoms with Gasteiger partial charge in [-0.3, -0.25) is 9.59 Å². The molecule has 22 heavy (non-hydrogen) atoms. The zero-order chi connectivity index (χ0) is 16.5. The van der Waals surface area contributed by atoms with Gasteiger partial charge in [-0.2, -0.15) is 0 Å². The van der Waals surface area contributed by atoms with Crippen molar-refractivity contribution in [3.8, 4) is 0 Å². The summed E-state index contributed by atoms with van der Waals surface area (Å²) in [5.41, 5.74) is -0.484. The van der Waals surface area contributed by atoms with Gasteiger partial charge >= 0.3 is 17.8 Å². The van der Waals surface area contributed by atoms with E-state index in [0.29, 0.717) is 12.5 Å². The monoisotopic (exact) mass is 310 g/mol. The zero-order valence-electron chi connectivity index (χ0n) is 13.8. The standard InChI is InChI=1S/C16H26N2O4/c1-5-22-15(21)12-11-8-6-7-10(11)9-18(12)14(20)13(19)17-16(2,3)4/h10-12H,5-9H2,1-4H3,(H,17,19)/t10?,11?,12-/m0/s1. The van der Waals surface area contributed by atoms with Crippen LogP contribution < -0.4 is 5.32 Å². The maximum absolute atomic E-state index is 12.5. The summed E-state index contributed by atoms with van der Waals surface area (Å²) >= 11 is 0. The number of nitrogens with one attached hydrogen (secondary N) is 1. The molecule has 1 heterocycles. The van der Waals surface area contributed by atoms with Crippen molar-refractivity contribution in [1.82, 2.24) is 10.2 Å². The molecule has 1 saturated carbocycles. The van der Waals surface area contributed by atoms with Crippen molar-refractivity contribution >= 4 is 17.8 Å². The Kier molecular flexibility index (Phi) is 4.78. The van der Waals surface area contributed by atoms with Crippen LogP contribution in [0.5, 0.6) is 0 Å². The van der Waals surface area contributed by atoms with Crippen LogP contribution in [-0.2, 0) is 19.1 Å². The number of hydrogen-bond donors (Lipinski definition) is 1. The molecule has 0 radical (unpaired) electrons. The topological polar surface area (TPSA) is 75.7 Å². The minimum absolute atomic E-state index is 0.130. The number of hydrogen-bond acceptors (Lipinski definition) is 4. The van der Waals surface area contributed by atoms with Gasteiger partial charge in [0.2, 0.25) is 0 Å². The molecule has 6 heteroatoms. The number of fused-ring (bicyclic) bond motifs is 1. The van der Waals surface area contributed by atoms with E-state index in [2.05, 4.69) is 5.32 Å². The molecular formula is C16H26N2O4. The fourth-order valence-electron chi connectivity index (χ4n) is 3.57. The van der Waals surface area contributed by atoms with Crippen LogP contribution in [0.25, 0.3) is 0 Å². The number of likely N-dealkylation sites (tertiary alicyclic amines) is 1. The van der Waals surface area contributed by atoms with Crippen LogP contribution in [-0.4, -0.2) is 47.4 Å². The lowest BCUT2D eigenvalue weighted by molar-refractivity contribution is -0.157. The predicted molar refractivity (Wildman–Crippen MR) is 80.9 cm³/mol. The van der Waals surface area contributed by atoms with Crippen molar-refractivity contribution in [3.63, 3.8) is 0 Å². The number of rotatable bonds is 2. The summed E-state index contributed by atoms with van der Waals surface area (Å²) in [5, 5.41) is 2.67. The Bertz CT molecular complexity index is 469. The van der Waals surface area contributed by atoms with Crippen molar-refractivity contribution in [3.05, 3.63) is 0 Å². The molecule has 124 valence electrons. The average Bonchev–Trinajstić information content (AvgIpc) is 2.95. The number of esters is 1. The molecule has 2 aliphatic rings. The minimum Gasteiger partial charge on any atom is -0.464 e. The van der Waals surface area contributed by atoms with E-state index >= 15 is 0 Å². The second kappa shape index (κ2) is 6.26. The summed E-state index contributed by atoms with van der Waals surface area (Å²) in [7, 11) is 0. The summed E-state index contributed by atoms with van der Waals surface area (Å²) in [4.78, 5) is 38.3. The largest absolute Gasteiger partial charge is 0.464 e. The molecule has 2 rings (SSSR count). The first-order valence-electron chi connectivity index (χ1n) is 8.04. The Morgan fingerprint density at radius 2 is 1.91 bits per heavy atom. The summed E-state index contributed by atoms with van der Waals surface area (Å²) in [6.07, 6.45) is 2.99. The van der Waals surface area contributed by atoms with E-state index in [1.54, 1.807) is 6.92 Å². The van der Waals surface area contributed by atoms with Crippen molar-refractivity contribution in [2.75, 3.05) is 13.2 Å². The first-order valence-corrected chi connectivity index (χ1v) is 8.04. The lowest BCUT2D eigenvalue weighted by Gasteiger charge is -2.27. The molecule has 0 aromatic rings. The van der Waals surface area contributed by atoms with Gasteiger partial charge < -0.3 is 15.0 Å². The Hall–Kier alpha value is -1.59. The lowest BCUT2D eigenvalue weighted by atomic mass is 9.94. The third-order valence-corrected chi connectivity index (χ3v) is 4.36. The molecule has 1 saturated heterocycles. The van der Waals surface area contributed by atoms with E-state index < -0.39 is 23.4 Å². The van der Waals surface area contributed by atoms with Gasteiger partial charge in [0.05, 0.1) is 6.61 Å². The molecule has 0 bridgehead atoms. The Labute approximate surface area is 131 Å². The number of carbonyl (C=O) groups excluding carboxylic acids is 3. The molecule has 6 nitrogen and oxygen atoms in total. The van der Waals surface area contributed by atoms with Gasteiger partial charge in [0.15, 0.2) is 0 Å². The molecule has 1 aliphatic heterocycles. The molecule has 3 atom stereocenters. The minimum atomic E-state index is -0.651. The molecule has 0 spiro atoms. The second-order valence-electron chi connectivity index (χ2n) is 7.21. The quantitative estimate of drug-likeness (QED) is 0.612. The van der Waals surface area contributed by atoms with Gasteiger partial charge in [-0.1, -0.05) is 6.42 Å². The first-order chi connectivity index (χ1) is 10.2. The first kappa shape index (κ1) is 16.8. The summed E-state index contributed by atoms with van der Waals surface area (Å²) in [6, 6.07) is -0.606. The third-order valence-electron chi connectivity index (χ3n) is 4.36. The number of ether oxygens (including phenoxy) is 1. The van der Waals surface area contributed by atoms with Crippen LogP contribution in [0.2, 0.25) is 0 Å². The van der Waals surface area contributed by atoms with E-state index in [4.69, 9.17) is 4.74 Å².